The van der Waals surface area contributed by atoms with Crippen molar-refractivity contribution in [3.8, 4) is 0 Å². The molecule has 34 heavy (non-hydrogen) atoms. The first-order valence-electron chi connectivity index (χ1n) is 12.1. The van der Waals surface area contributed by atoms with Gasteiger partial charge in [0.05, 0.1) is 0 Å². The summed E-state index contributed by atoms with van der Waals surface area (Å²) in [7, 11) is 0. The fourth-order valence-electron chi connectivity index (χ4n) is 5.12. The number of quaternary nitrogens is 1. The van der Waals surface area contributed by atoms with Gasteiger partial charge in [0.15, 0.2) is 18.4 Å². The highest BCUT2D eigenvalue weighted by molar-refractivity contribution is 6.02. The van der Waals surface area contributed by atoms with E-state index >= 15 is 0 Å². The van der Waals surface area contributed by atoms with Crippen molar-refractivity contribution in [2.24, 2.45) is 0 Å². The van der Waals surface area contributed by atoms with E-state index in [4.69, 9.17) is 4.74 Å². The minimum absolute atomic E-state index is 0.191. The van der Waals surface area contributed by atoms with E-state index in [2.05, 4.69) is 16.3 Å². The van der Waals surface area contributed by atoms with Gasteiger partial charge in [-0.3, -0.25) is 19.6 Å². The van der Waals surface area contributed by atoms with Crippen molar-refractivity contribution in [2.75, 3.05) is 24.7 Å². The van der Waals surface area contributed by atoms with Gasteiger partial charge >= 0.3 is 6.09 Å². The average Bonchev–Trinajstić information content (AvgIpc) is 3.57. The topological polar surface area (TPSA) is 102 Å². The molecule has 3 amide bonds. The van der Waals surface area contributed by atoms with Gasteiger partial charge in [-0.15, -0.1) is 0 Å². The van der Waals surface area contributed by atoms with E-state index in [0.29, 0.717) is 31.2 Å². The van der Waals surface area contributed by atoms with E-state index in [-0.39, 0.29) is 31.5 Å². The zero-order valence-corrected chi connectivity index (χ0v) is 20.0. The molecule has 4 aliphatic rings. The summed E-state index contributed by atoms with van der Waals surface area (Å²) >= 11 is 0. The Morgan fingerprint density at radius 3 is 2.56 bits per heavy atom. The minimum Gasteiger partial charge on any atom is -0.625 e. The first kappa shape index (κ1) is 22.9. The lowest BCUT2D eigenvalue weighted by Gasteiger charge is -2.45. The number of hydrogen-bond donors (Lipinski definition) is 1. The normalized spacial score (nSPS) is 27.3. The van der Waals surface area contributed by atoms with Crippen molar-refractivity contribution in [3.63, 3.8) is 0 Å². The van der Waals surface area contributed by atoms with Crippen molar-refractivity contribution >= 4 is 34.9 Å². The molecule has 1 N–H and O–H groups in total. The third kappa shape index (κ3) is 4.18. The second kappa shape index (κ2) is 8.09. The molecule has 0 aromatic heterocycles. The van der Waals surface area contributed by atoms with Crippen molar-refractivity contribution in [1.29, 1.82) is 0 Å². The third-order valence-corrected chi connectivity index (χ3v) is 6.99. The number of anilines is 1. The van der Waals surface area contributed by atoms with Crippen LogP contribution >= 0.6 is 0 Å². The largest absolute Gasteiger partial charge is 0.625 e. The summed E-state index contributed by atoms with van der Waals surface area (Å²) in [4.78, 5) is 40.4. The number of hydroxylamine groups is 2. The summed E-state index contributed by atoms with van der Waals surface area (Å²) in [5, 5.41) is 16.5. The molecule has 182 valence electrons. The second-order valence-corrected chi connectivity index (χ2v) is 10.7. The van der Waals surface area contributed by atoms with E-state index in [1.807, 2.05) is 39.0 Å². The van der Waals surface area contributed by atoms with Crippen molar-refractivity contribution < 1.29 is 19.1 Å². The van der Waals surface area contributed by atoms with Crippen LogP contribution in [0.1, 0.15) is 58.4 Å². The number of carbonyl (C=O) groups is 3. The van der Waals surface area contributed by atoms with Crippen LogP contribution in [0.15, 0.2) is 24.3 Å². The van der Waals surface area contributed by atoms with Crippen LogP contribution in [0.5, 0.6) is 0 Å². The standard InChI is InChI=1S/C25H32N4O5/c1-25(2,3)34-24(32)27-12-10-16(11-13-27)17-4-7-20-19(14-17)28(18-5-6-18)15-29(20,33)21-8-9-22(30)26-23(21)31/h4,7,10,14,18,21H,5-6,8-9,11-13,15H2,1-3H3,(H,26,30,31). The molecule has 2 fully saturated rings. The molecule has 1 aliphatic carbocycles. The molecule has 3 aliphatic heterocycles. The number of nitrogens with zero attached hydrogens (tertiary/aromatic N) is 3. The maximum Gasteiger partial charge on any atom is 0.410 e. The highest BCUT2D eigenvalue weighted by Crippen LogP contribution is 2.49. The molecule has 3 heterocycles. The van der Waals surface area contributed by atoms with Gasteiger partial charge in [-0.2, -0.15) is 0 Å². The maximum atomic E-state index is 14.1. The monoisotopic (exact) mass is 468 g/mol. The second-order valence-electron chi connectivity index (χ2n) is 10.7. The molecule has 0 spiro atoms. The van der Waals surface area contributed by atoms with E-state index < -0.39 is 22.2 Å². The van der Waals surface area contributed by atoms with Crippen LogP contribution in [0, 0.1) is 5.21 Å². The Labute approximate surface area is 199 Å². The summed E-state index contributed by atoms with van der Waals surface area (Å²) < 4.78 is 4.74. The fourth-order valence-corrected chi connectivity index (χ4v) is 5.12. The number of hydrogen-bond acceptors (Lipinski definition) is 6. The van der Waals surface area contributed by atoms with Crippen LogP contribution in [0.2, 0.25) is 0 Å². The van der Waals surface area contributed by atoms with Crippen molar-refractivity contribution in [3.05, 3.63) is 35.0 Å². The molecule has 9 nitrogen and oxygen atoms in total. The molecular weight excluding hydrogens is 436 g/mol. The molecule has 1 aromatic carbocycles. The highest BCUT2D eigenvalue weighted by atomic mass is 16.6. The number of rotatable bonds is 3. The van der Waals surface area contributed by atoms with Crippen LogP contribution in [0.4, 0.5) is 16.2 Å². The lowest BCUT2D eigenvalue weighted by molar-refractivity contribution is -0.136. The van der Waals surface area contributed by atoms with Gasteiger partial charge in [0.25, 0.3) is 5.91 Å². The molecule has 1 saturated heterocycles. The number of fused-ring (bicyclic) bond motifs is 1. The van der Waals surface area contributed by atoms with Crippen LogP contribution < -0.4 is 14.9 Å². The Kier molecular flexibility index (Phi) is 5.44. The quantitative estimate of drug-likeness (QED) is 0.415. The average molecular weight is 469 g/mol. The van der Waals surface area contributed by atoms with Gasteiger partial charge in [0.1, 0.15) is 11.3 Å². The fraction of sp³-hybridized carbons (Fsp3) is 0.560. The first-order chi connectivity index (χ1) is 16.0. The maximum absolute atomic E-state index is 14.1. The van der Waals surface area contributed by atoms with Gasteiger partial charge in [0.2, 0.25) is 5.91 Å². The van der Waals surface area contributed by atoms with Gasteiger partial charge in [0, 0.05) is 38.0 Å². The number of amides is 3. The molecule has 9 heteroatoms. The van der Waals surface area contributed by atoms with Crippen LogP contribution in [-0.2, 0) is 14.3 Å². The van der Waals surface area contributed by atoms with Crippen LogP contribution in [0.3, 0.4) is 0 Å². The van der Waals surface area contributed by atoms with E-state index in [9.17, 15) is 19.6 Å². The number of imide groups is 1. The van der Waals surface area contributed by atoms with Gasteiger partial charge in [-0.1, -0.05) is 6.08 Å². The van der Waals surface area contributed by atoms with E-state index in [0.717, 1.165) is 29.7 Å². The van der Waals surface area contributed by atoms with Crippen molar-refractivity contribution in [1.82, 2.24) is 14.9 Å². The zero-order chi connectivity index (χ0) is 24.3. The highest BCUT2D eigenvalue weighted by Gasteiger charge is 2.50. The summed E-state index contributed by atoms with van der Waals surface area (Å²) in [6.45, 7) is 6.82. The number of nitrogens with one attached hydrogen (secondary N) is 1. The number of benzene rings is 1. The smallest absolute Gasteiger partial charge is 0.410 e. The lowest BCUT2D eigenvalue weighted by atomic mass is 9.97. The molecule has 0 radical (unpaired) electrons. The third-order valence-electron chi connectivity index (χ3n) is 6.99. The Bertz CT molecular complexity index is 1070. The SMILES string of the molecule is CC(C)(C)OC(=O)N1CC=C(c2ccc3c(c2)N(C2CC2)C[N+]3([O-])C2CCC(=O)NC2=O)CC1. The van der Waals surface area contributed by atoms with Gasteiger partial charge < -0.3 is 19.7 Å². The predicted molar refractivity (Wildman–Crippen MR) is 129 cm³/mol. The van der Waals surface area contributed by atoms with Crippen LogP contribution in [-0.4, -0.2) is 60.3 Å². The van der Waals surface area contributed by atoms with E-state index in [1.54, 1.807) is 4.90 Å². The zero-order valence-electron chi connectivity index (χ0n) is 20.0. The molecule has 2 atom stereocenters. The summed E-state index contributed by atoms with van der Waals surface area (Å²) in [5.41, 5.74) is 3.12. The number of ether oxygens (including phenoxy) is 1. The Balaban J connectivity index is 1.40. The first-order valence-corrected chi connectivity index (χ1v) is 12.1. The summed E-state index contributed by atoms with van der Waals surface area (Å²) in [5.74, 6) is -0.789. The summed E-state index contributed by atoms with van der Waals surface area (Å²) in [6.07, 6.45) is 4.96. The molecule has 2 unspecified atom stereocenters. The Morgan fingerprint density at radius 2 is 1.94 bits per heavy atom. The Hall–Kier alpha value is -2.91. The lowest BCUT2D eigenvalue weighted by Crippen LogP contribution is -2.62. The molecule has 0 bridgehead atoms. The molecule has 1 saturated carbocycles. The summed E-state index contributed by atoms with van der Waals surface area (Å²) in [6, 6.07) is 5.36. The Morgan fingerprint density at radius 1 is 1.18 bits per heavy atom. The molecular formula is C25H32N4O5. The van der Waals surface area contributed by atoms with Gasteiger partial charge in [-0.25, -0.2) is 4.79 Å². The number of piperidine rings is 1. The van der Waals surface area contributed by atoms with Crippen molar-refractivity contribution in [2.45, 2.75) is 70.6 Å². The number of carbonyl (C=O) groups excluding carboxylic acids is 3. The van der Waals surface area contributed by atoms with E-state index in [1.165, 1.54) is 0 Å². The predicted octanol–water partition coefficient (Wildman–Crippen LogP) is 3.26. The molecule has 5 rings (SSSR count). The molecule has 1 aromatic rings. The van der Waals surface area contributed by atoms with Gasteiger partial charge in [-0.05, 0) is 63.3 Å². The van der Waals surface area contributed by atoms with Crippen LogP contribution in [0.25, 0.3) is 5.57 Å². The minimum atomic E-state index is -0.817.